The summed E-state index contributed by atoms with van der Waals surface area (Å²) in [4.78, 5) is 15.9. The molecule has 0 spiro atoms. The minimum Gasteiger partial charge on any atom is -0.308 e. The number of anilines is 2. The van der Waals surface area contributed by atoms with Crippen LogP contribution in [0.4, 0.5) is 16.2 Å². The predicted molar refractivity (Wildman–Crippen MR) is 88.4 cm³/mol. The van der Waals surface area contributed by atoms with Crippen LogP contribution in [0.1, 0.15) is 5.69 Å². The van der Waals surface area contributed by atoms with Crippen molar-refractivity contribution in [3.8, 4) is 0 Å². The summed E-state index contributed by atoms with van der Waals surface area (Å²) in [5.41, 5.74) is 1.54. The Morgan fingerprint density at radius 1 is 1.00 bits per heavy atom. The van der Waals surface area contributed by atoms with Crippen LogP contribution in [0.5, 0.6) is 0 Å². The number of pyridine rings is 1. The Hall–Kier alpha value is -1.75. The second-order valence-electron chi connectivity index (χ2n) is 4.04. The number of carbonyl (C=O) groups excluding carboxylic acids is 1. The molecule has 0 aliphatic heterocycles. The molecule has 0 unspecified atom stereocenters. The van der Waals surface area contributed by atoms with Gasteiger partial charge in [-0.3, -0.25) is 0 Å². The number of hydrogen-bond acceptors (Lipinski definition) is 2. The quantitative estimate of drug-likeness (QED) is 0.741. The molecule has 0 fully saturated rings. The molecular weight excluding hydrogens is 333 g/mol. The van der Waals surface area contributed by atoms with Crippen molar-refractivity contribution in [3.05, 3.63) is 57.8 Å². The van der Waals surface area contributed by atoms with Crippen molar-refractivity contribution in [3.63, 3.8) is 0 Å². The van der Waals surface area contributed by atoms with Gasteiger partial charge in [-0.2, -0.15) is 0 Å². The van der Waals surface area contributed by atoms with Crippen LogP contribution in [-0.4, -0.2) is 11.0 Å². The van der Waals surface area contributed by atoms with Gasteiger partial charge in [0.25, 0.3) is 0 Å². The molecule has 2 rings (SSSR count). The Labute approximate surface area is 136 Å². The molecule has 21 heavy (non-hydrogen) atoms. The third kappa shape index (κ3) is 4.63. The predicted octanol–water partition coefficient (Wildman–Crippen LogP) is 5.33. The number of aromatic nitrogens is 1. The van der Waals surface area contributed by atoms with Gasteiger partial charge in [-0.25, -0.2) is 9.78 Å². The molecule has 7 heteroatoms. The fourth-order valence-corrected chi connectivity index (χ4v) is 2.35. The standard InChI is InChI=1S/C14H10Cl3N3O/c1-2-10-6-12(7-13(17)18-10)20-14(21)19-11-4-8(15)3-9(16)5-11/h2-7H,1H2,(H2,18,19,20,21). The Morgan fingerprint density at radius 3 is 2.14 bits per heavy atom. The zero-order valence-electron chi connectivity index (χ0n) is 10.7. The average Bonchev–Trinajstić information content (AvgIpc) is 2.36. The van der Waals surface area contributed by atoms with E-state index in [-0.39, 0.29) is 5.15 Å². The van der Waals surface area contributed by atoms with E-state index in [1.807, 2.05) is 0 Å². The molecule has 0 radical (unpaired) electrons. The van der Waals surface area contributed by atoms with E-state index >= 15 is 0 Å². The molecule has 1 aromatic carbocycles. The number of nitrogens with one attached hydrogen (secondary N) is 2. The first-order chi connectivity index (χ1) is 9.96. The van der Waals surface area contributed by atoms with Gasteiger partial charge < -0.3 is 10.6 Å². The summed E-state index contributed by atoms with van der Waals surface area (Å²) >= 11 is 17.6. The highest BCUT2D eigenvalue weighted by molar-refractivity contribution is 6.35. The Morgan fingerprint density at radius 2 is 1.57 bits per heavy atom. The number of benzene rings is 1. The maximum absolute atomic E-state index is 11.9. The number of amides is 2. The van der Waals surface area contributed by atoms with Gasteiger partial charge in [0.05, 0.1) is 5.69 Å². The summed E-state index contributed by atoms with van der Waals surface area (Å²) in [5, 5.41) is 6.37. The van der Waals surface area contributed by atoms with E-state index in [0.717, 1.165) is 0 Å². The van der Waals surface area contributed by atoms with Gasteiger partial charge in [-0.1, -0.05) is 41.4 Å². The molecule has 0 atom stereocenters. The Bertz CT molecular complexity index is 684. The van der Waals surface area contributed by atoms with Crippen LogP contribution in [-0.2, 0) is 0 Å². The molecule has 2 aromatic rings. The number of rotatable bonds is 3. The lowest BCUT2D eigenvalue weighted by Crippen LogP contribution is -2.19. The normalized spacial score (nSPS) is 10.0. The lowest BCUT2D eigenvalue weighted by atomic mass is 10.3. The fraction of sp³-hybridized carbons (Fsp3) is 0. The van der Waals surface area contributed by atoms with Crippen LogP contribution in [0.25, 0.3) is 6.08 Å². The van der Waals surface area contributed by atoms with E-state index in [2.05, 4.69) is 22.2 Å². The molecule has 1 heterocycles. The van der Waals surface area contributed by atoms with Crippen LogP contribution in [0.15, 0.2) is 36.9 Å². The largest absolute Gasteiger partial charge is 0.323 e. The molecule has 2 N–H and O–H groups in total. The maximum atomic E-state index is 11.9. The SMILES string of the molecule is C=Cc1cc(NC(=O)Nc2cc(Cl)cc(Cl)c2)cc(Cl)n1. The minimum atomic E-state index is -0.453. The van der Waals surface area contributed by atoms with Gasteiger partial charge in [0.2, 0.25) is 0 Å². The molecule has 0 aliphatic rings. The first kappa shape index (κ1) is 15.6. The van der Waals surface area contributed by atoms with Crippen molar-refractivity contribution >= 4 is 58.3 Å². The van der Waals surface area contributed by atoms with E-state index in [0.29, 0.717) is 27.1 Å². The minimum absolute atomic E-state index is 0.258. The van der Waals surface area contributed by atoms with E-state index < -0.39 is 6.03 Å². The van der Waals surface area contributed by atoms with Crippen LogP contribution < -0.4 is 10.6 Å². The van der Waals surface area contributed by atoms with Gasteiger partial charge in [0.15, 0.2) is 0 Å². The number of nitrogens with zero attached hydrogens (tertiary/aromatic N) is 1. The Kier molecular flexibility index (Phi) is 5.07. The topological polar surface area (TPSA) is 54.0 Å². The van der Waals surface area contributed by atoms with Gasteiger partial charge in [0, 0.05) is 21.4 Å². The highest BCUT2D eigenvalue weighted by Crippen LogP contribution is 2.23. The van der Waals surface area contributed by atoms with Gasteiger partial charge in [-0.15, -0.1) is 0 Å². The van der Waals surface area contributed by atoms with Gasteiger partial charge in [-0.05, 0) is 36.4 Å². The number of hydrogen-bond donors (Lipinski definition) is 2. The van der Waals surface area contributed by atoms with E-state index in [4.69, 9.17) is 34.8 Å². The maximum Gasteiger partial charge on any atom is 0.323 e. The van der Waals surface area contributed by atoms with Gasteiger partial charge in [0.1, 0.15) is 5.15 Å². The molecule has 108 valence electrons. The zero-order chi connectivity index (χ0) is 15.4. The van der Waals surface area contributed by atoms with Crippen LogP contribution in [0.2, 0.25) is 15.2 Å². The molecule has 2 amide bonds. The second kappa shape index (κ2) is 6.80. The van der Waals surface area contributed by atoms with Gasteiger partial charge >= 0.3 is 6.03 Å². The smallest absolute Gasteiger partial charge is 0.308 e. The molecule has 0 saturated carbocycles. The lowest BCUT2D eigenvalue weighted by molar-refractivity contribution is 0.262. The Balaban J connectivity index is 2.11. The van der Waals surface area contributed by atoms with E-state index in [1.54, 1.807) is 24.3 Å². The molecule has 0 aliphatic carbocycles. The van der Waals surface area contributed by atoms with Crippen molar-refractivity contribution in [1.29, 1.82) is 0 Å². The summed E-state index contributed by atoms with van der Waals surface area (Å²) in [5.74, 6) is 0. The van der Waals surface area contributed by atoms with Crippen molar-refractivity contribution in [1.82, 2.24) is 4.98 Å². The average molecular weight is 343 g/mol. The van der Waals surface area contributed by atoms with E-state index in [1.165, 1.54) is 12.1 Å². The third-order valence-electron chi connectivity index (χ3n) is 2.40. The molecule has 0 saturated heterocycles. The van der Waals surface area contributed by atoms with Crippen LogP contribution in [0, 0.1) is 0 Å². The number of halogens is 3. The van der Waals surface area contributed by atoms with Crippen molar-refractivity contribution in [2.45, 2.75) is 0 Å². The highest BCUT2D eigenvalue weighted by atomic mass is 35.5. The van der Waals surface area contributed by atoms with Crippen LogP contribution in [0.3, 0.4) is 0 Å². The summed E-state index contributed by atoms with van der Waals surface area (Å²) in [6.07, 6.45) is 1.53. The van der Waals surface area contributed by atoms with Crippen molar-refractivity contribution in [2.75, 3.05) is 10.6 Å². The summed E-state index contributed by atoms with van der Waals surface area (Å²) in [7, 11) is 0. The summed E-state index contributed by atoms with van der Waals surface area (Å²) in [6.45, 7) is 3.60. The monoisotopic (exact) mass is 341 g/mol. The van der Waals surface area contributed by atoms with Crippen LogP contribution >= 0.6 is 34.8 Å². The first-order valence-corrected chi connectivity index (χ1v) is 6.94. The van der Waals surface area contributed by atoms with E-state index in [9.17, 15) is 4.79 Å². The second-order valence-corrected chi connectivity index (χ2v) is 5.30. The zero-order valence-corrected chi connectivity index (χ0v) is 12.9. The highest BCUT2D eigenvalue weighted by Gasteiger charge is 2.06. The molecular formula is C14H10Cl3N3O. The fourth-order valence-electron chi connectivity index (χ4n) is 1.61. The first-order valence-electron chi connectivity index (χ1n) is 5.80. The summed E-state index contributed by atoms with van der Waals surface area (Å²) < 4.78 is 0. The molecule has 4 nitrogen and oxygen atoms in total. The van der Waals surface area contributed by atoms with Crippen molar-refractivity contribution in [2.24, 2.45) is 0 Å². The third-order valence-corrected chi connectivity index (χ3v) is 3.03. The molecule has 0 bridgehead atoms. The number of urea groups is 1. The number of carbonyl (C=O) groups is 1. The molecule has 1 aromatic heterocycles. The lowest BCUT2D eigenvalue weighted by Gasteiger charge is -2.09. The summed E-state index contributed by atoms with van der Waals surface area (Å²) in [6, 6.07) is 7.46. The van der Waals surface area contributed by atoms with Crippen molar-refractivity contribution < 1.29 is 4.79 Å².